The van der Waals surface area contributed by atoms with E-state index in [-0.39, 0.29) is 18.2 Å². The van der Waals surface area contributed by atoms with Crippen LogP contribution in [0.3, 0.4) is 0 Å². The summed E-state index contributed by atoms with van der Waals surface area (Å²) in [6.07, 6.45) is 3.28. The Kier molecular flexibility index (Phi) is 5.18. The molecule has 0 aliphatic carbocycles. The van der Waals surface area contributed by atoms with E-state index in [4.69, 9.17) is 11.6 Å². The van der Waals surface area contributed by atoms with Gasteiger partial charge in [0.15, 0.2) is 0 Å². The largest absolute Gasteiger partial charge is 0.264 e. The molecule has 1 rings (SSSR count). The first-order valence-corrected chi connectivity index (χ1v) is 7.14. The van der Waals surface area contributed by atoms with Crippen LogP contribution in [0.15, 0.2) is 24.5 Å². The maximum atomic E-state index is 11.6. The Morgan fingerprint density at radius 1 is 1.56 bits per heavy atom. The summed E-state index contributed by atoms with van der Waals surface area (Å²) in [6.45, 7) is 2.07. The van der Waals surface area contributed by atoms with Crippen molar-refractivity contribution in [1.29, 1.82) is 0 Å². The van der Waals surface area contributed by atoms with Gasteiger partial charge in [-0.15, -0.1) is 11.6 Å². The van der Waals surface area contributed by atoms with E-state index in [1.54, 1.807) is 25.4 Å². The molecular weight excluding hydrogens is 248 g/mol. The number of rotatable bonds is 6. The number of hydrogen-bond donors (Lipinski definition) is 1. The molecule has 0 aliphatic rings. The topological polar surface area (TPSA) is 59.1 Å². The molecule has 0 aromatic carbocycles. The third kappa shape index (κ3) is 4.92. The van der Waals surface area contributed by atoms with Crippen LogP contribution in [0, 0.1) is 5.92 Å². The SMILES string of the molecule is CC(CCl)CS(=O)(=O)NCc1cccnc1. The van der Waals surface area contributed by atoms with Gasteiger partial charge in [-0.2, -0.15) is 0 Å². The summed E-state index contributed by atoms with van der Waals surface area (Å²) in [7, 11) is -3.25. The molecular formula is C10H15ClN2O2S. The lowest BCUT2D eigenvalue weighted by Crippen LogP contribution is -2.29. The van der Waals surface area contributed by atoms with Gasteiger partial charge in [0.25, 0.3) is 0 Å². The van der Waals surface area contributed by atoms with E-state index in [2.05, 4.69) is 9.71 Å². The minimum atomic E-state index is -3.25. The number of nitrogens with one attached hydrogen (secondary N) is 1. The fourth-order valence-electron chi connectivity index (χ4n) is 1.17. The van der Waals surface area contributed by atoms with Crippen molar-refractivity contribution in [3.63, 3.8) is 0 Å². The van der Waals surface area contributed by atoms with Gasteiger partial charge in [-0.25, -0.2) is 13.1 Å². The number of aromatic nitrogens is 1. The van der Waals surface area contributed by atoms with Crippen molar-refractivity contribution in [2.45, 2.75) is 13.5 Å². The van der Waals surface area contributed by atoms with Crippen molar-refractivity contribution in [1.82, 2.24) is 9.71 Å². The van der Waals surface area contributed by atoms with E-state index in [1.165, 1.54) is 0 Å². The van der Waals surface area contributed by atoms with Crippen LogP contribution in [0.25, 0.3) is 0 Å². The standard InChI is InChI=1S/C10H15ClN2O2S/c1-9(5-11)8-16(14,15)13-7-10-3-2-4-12-6-10/h2-4,6,9,13H,5,7-8H2,1H3. The van der Waals surface area contributed by atoms with Gasteiger partial charge >= 0.3 is 0 Å². The molecule has 4 nitrogen and oxygen atoms in total. The maximum absolute atomic E-state index is 11.6. The average Bonchev–Trinajstić information content (AvgIpc) is 2.27. The van der Waals surface area contributed by atoms with Crippen LogP contribution < -0.4 is 4.72 Å². The fraction of sp³-hybridized carbons (Fsp3) is 0.500. The molecule has 0 bridgehead atoms. The van der Waals surface area contributed by atoms with Gasteiger partial charge in [-0.1, -0.05) is 13.0 Å². The molecule has 0 aliphatic heterocycles. The number of sulfonamides is 1. The molecule has 0 spiro atoms. The highest BCUT2D eigenvalue weighted by Gasteiger charge is 2.14. The lowest BCUT2D eigenvalue weighted by Gasteiger charge is -2.09. The van der Waals surface area contributed by atoms with Gasteiger partial charge in [0.1, 0.15) is 0 Å². The van der Waals surface area contributed by atoms with Crippen molar-refractivity contribution in [3.8, 4) is 0 Å². The van der Waals surface area contributed by atoms with Crippen LogP contribution in [0.1, 0.15) is 12.5 Å². The van der Waals surface area contributed by atoms with Crippen LogP contribution in [0.4, 0.5) is 0 Å². The van der Waals surface area contributed by atoms with Crippen LogP contribution in [0.2, 0.25) is 0 Å². The molecule has 0 saturated heterocycles. The Hall–Kier alpha value is -0.650. The molecule has 90 valence electrons. The number of alkyl halides is 1. The first-order valence-electron chi connectivity index (χ1n) is 4.95. The Balaban J connectivity index is 2.49. The van der Waals surface area contributed by atoms with Crippen molar-refractivity contribution in [2.75, 3.05) is 11.6 Å². The Morgan fingerprint density at radius 2 is 2.31 bits per heavy atom. The number of halogens is 1. The minimum absolute atomic E-state index is 0.0481. The summed E-state index contributed by atoms with van der Waals surface area (Å²) in [5.41, 5.74) is 0.838. The Labute approximate surface area is 101 Å². The molecule has 1 unspecified atom stereocenters. The second kappa shape index (κ2) is 6.18. The zero-order valence-electron chi connectivity index (χ0n) is 9.06. The zero-order chi connectivity index (χ0) is 12.0. The van der Waals surface area contributed by atoms with E-state index < -0.39 is 10.0 Å². The van der Waals surface area contributed by atoms with Gasteiger partial charge in [0.05, 0.1) is 5.75 Å². The molecule has 0 fully saturated rings. The first-order chi connectivity index (χ1) is 7.53. The molecule has 16 heavy (non-hydrogen) atoms. The predicted octanol–water partition coefficient (Wildman–Crippen LogP) is 1.38. The van der Waals surface area contributed by atoms with E-state index in [9.17, 15) is 8.42 Å². The fourth-order valence-corrected chi connectivity index (χ4v) is 2.78. The normalized spacial score (nSPS) is 13.6. The van der Waals surface area contributed by atoms with E-state index in [1.807, 2.05) is 6.07 Å². The second-order valence-electron chi connectivity index (χ2n) is 3.72. The third-order valence-corrected chi connectivity index (χ3v) is 4.11. The average molecular weight is 263 g/mol. The second-order valence-corrected chi connectivity index (χ2v) is 5.88. The lowest BCUT2D eigenvalue weighted by atomic mass is 10.3. The summed E-state index contributed by atoms with van der Waals surface area (Å²) in [6, 6.07) is 3.59. The van der Waals surface area contributed by atoms with Gasteiger partial charge in [-0.05, 0) is 17.5 Å². The summed E-state index contributed by atoms with van der Waals surface area (Å²) < 4.78 is 25.7. The summed E-state index contributed by atoms with van der Waals surface area (Å²) in [5, 5.41) is 0. The van der Waals surface area contributed by atoms with Crippen molar-refractivity contribution in [3.05, 3.63) is 30.1 Å². The first kappa shape index (κ1) is 13.4. The molecule has 1 N–H and O–H groups in total. The van der Waals surface area contributed by atoms with E-state index in [0.29, 0.717) is 5.88 Å². The molecule has 0 amide bonds. The lowest BCUT2D eigenvalue weighted by molar-refractivity contribution is 0.568. The van der Waals surface area contributed by atoms with Gasteiger partial charge in [0, 0.05) is 24.8 Å². The summed E-state index contributed by atoms with van der Waals surface area (Å²) >= 11 is 5.57. The Bertz CT molecular complexity index is 408. The van der Waals surface area contributed by atoms with Crippen LogP contribution in [-0.2, 0) is 16.6 Å². The maximum Gasteiger partial charge on any atom is 0.212 e. The van der Waals surface area contributed by atoms with Gasteiger partial charge in [-0.3, -0.25) is 4.98 Å². The predicted molar refractivity (Wildman–Crippen MR) is 64.7 cm³/mol. The highest BCUT2D eigenvalue weighted by Crippen LogP contribution is 2.03. The molecule has 1 aromatic rings. The highest BCUT2D eigenvalue weighted by atomic mass is 35.5. The summed E-state index contributed by atoms with van der Waals surface area (Å²) in [4.78, 5) is 3.91. The van der Waals surface area contributed by atoms with E-state index in [0.717, 1.165) is 5.56 Å². The van der Waals surface area contributed by atoms with Crippen LogP contribution >= 0.6 is 11.6 Å². The molecule has 6 heteroatoms. The van der Waals surface area contributed by atoms with Gasteiger partial charge < -0.3 is 0 Å². The number of hydrogen-bond acceptors (Lipinski definition) is 3. The molecule has 1 aromatic heterocycles. The van der Waals surface area contributed by atoms with Crippen molar-refractivity contribution in [2.24, 2.45) is 5.92 Å². The molecule has 0 saturated carbocycles. The summed E-state index contributed by atoms with van der Waals surface area (Å²) in [5.74, 6) is 0.345. The van der Waals surface area contributed by atoms with Crippen LogP contribution in [0.5, 0.6) is 0 Å². The molecule has 1 atom stereocenters. The van der Waals surface area contributed by atoms with Crippen molar-refractivity contribution >= 4 is 21.6 Å². The Morgan fingerprint density at radius 3 is 2.88 bits per heavy atom. The zero-order valence-corrected chi connectivity index (χ0v) is 10.6. The van der Waals surface area contributed by atoms with E-state index >= 15 is 0 Å². The molecule has 1 heterocycles. The third-order valence-electron chi connectivity index (χ3n) is 1.99. The van der Waals surface area contributed by atoms with Gasteiger partial charge in [0.2, 0.25) is 10.0 Å². The number of pyridine rings is 1. The van der Waals surface area contributed by atoms with Crippen LogP contribution in [-0.4, -0.2) is 25.0 Å². The monoisotopic (exact) mass is 262 g/mol. The highest BCUT2D eigenvalue weighted by molar-refractivity contribution is 7.89. The smallest absolute Gasteiger partial charge is 0.212 e. The minimum Gasteiger partial charge on any atom is -0.264 e. The number of nitrogens with zero attached hydrogens (tertiary/aromatic N) is 1. The quantitative estimate of drug-likeness (QED) is 0.788. The molecule has 0 radical (unpaired) electrons. The van der Waals surface area contributed by atoms with Crippen molar-refractivity contribution < 1.29 is 8.42 Å².